The van der Waals surface area contributed by atoms with Crippen LogP contribution in [-0.4, -0.2) is 36.1 Å². The van der Waals surface area contributed by atoms with Crippen molar-refractivity contribution in [3.63, 3.8) is 0 Å². The molecule has 2 aromatic rings. The van der Waals surface area contributed by atoms with Crippen LogP contribution in [0.25, 0.3) is 0 Å². The average Bonchev–Trinajstić information content (AvgIpc) is 2.65. The molecule has 0 atom stereocenters. The van der Waals surface area contributed by atoms with E-state index in [2.05, 4.69) is 5.92 Å². The maximum atomic E-state index is 12.2. The van der Waals surface area contributed by atoms with Gasteiger partial charge in [0.05, 0.1) is 6.54 Å². The third kappa shape index (κ3) is 5.49. The minimum atomic E-state index is 0.0898. The molecule has 0 amide bonds. The van der Waals surface area contributed by atoms with Crippen molar-refractivity contribution in [2.45, 2.75) is 12.8 Å². The summed E-state index contributed by atoms with van der Waals surface area (Å²) in [4.78, 5) is 26.3. The number of ketones is 2. The van der Waals surface area contributed by atoms with Gasteiger partial charge in [0.2, 0.25) is 0 Å². The summed E-state index contributed by atoms with van der Waals surface area (Å²) >= 11 is 0. The van der Waals surface area contributed by atoms with E-state index in [1.54, 1.807) is 0 Å². The Bertz CT molecular complexity index is 646. The van der Waals surface area contributed by atoms with Gasteiger partial charge in [-0.3, -0.25) is 14.5 Å². The first-order chi connectivity index (χ1) is 11.7. The van der Waals surface area contributed by atoms with Gasteiger partial charge in [0.1, 0.15) is 0 Å². The van der Waals surface area contributed by atoms with Crippen molar-refractivity contribution in [1.82, 2.24) is 4.90 Å². The largest absolute Gasteiger partial charge is 0.294 e. The quantitative estimate of drug-likeness (QED) is 0.525. The first-order valence-corrected chi connectivity index (χ1v) is 8.03. The van der Waals surface area contributed by atoms with Crippen LogP contribution in [-0.2, 0) is 0 Å². The molecular formula is C21H21NO2. The fraction of sp³-hybridized carbons (Fsp3) is 0.238. The van der Waals surface area contributed by atoms with Crippen LogP contribution in [0, 0.1) is 12.3 Å². The summed E-state index contributed by atoms with van der Waals surface area (Å²) < 4.78 is 0. The molecule has 0 aliphatic carbocycles. The Morgan fingerprint density at radius 2 is 1.21 bits per heavy atom. The summed E-state index contributed by atoms with van der Waals surface area (Å²) in [5.41, 5.74) is 1.41. The van der Waals surface area contributed by atoms with Crippen LogP contribution in [0.3, 0.4) is 0 Å². The number of benzene rings is 2. The van der Waals surface area contributed by atoms with Crippen molar-refractivity contribution >= 4 is 11.6 Å². The molecule has 0 heterocycles. The Hall–Kier alpha value is -2.70. The number of hydrogen-bond donors (Lipinski definition) is 0. The maximum absolute atomic E-state index is 12.2. The Morgan fingerprint density at radius 1 is 0.792 bits per heavy atom. The Labute approximate surface area is 143 Å². The second kappa shape index (κ2) is 9.44. The van der Waals surface area contributed by atoms with Gasteiger partial charge < -0.3 is 0 Å². The van der Waals surface area contributed by atoms with Crippen LogP contribution < -0.4 is 0 Å². The lowest BCUT2D eigenvalue weighted by Crippen LogP contribution is -2.29. The molecule has 3 heteroatoms. The molecule has 0 N–H and O–H groups in total. The van der Waals surface area contributed by atoms with E-state index in [0.717, 1.165) is 0 Å². The second-order valence-electron chi connectivity index (χ2n) is 5.56. The van der Waals surface area contributed by atoms with Gasteiger partial charge in [0, 0.05) is 37.1 Å². The number of terminal acetylenes is 1. The van der Waals surface area contributed by atoms with E-state index in [0.29, 0.717) is 43.6 Å². The second-order valence-corrected chi connectivity index (χ2v) is 5.56. The van der Waals surface area contributed by atoms with E-state index in [9.17, 15) is 9.59 Å². The number of rotatable bonds is 9. The molecule has 0 aliphatic heterocycles. The number of nitrogens with zero attached hydrogens (tertiary/aromatic N) is 1. The lowest BCUT2D eigenvalue weighted by Gasteiger charge is -2.19. The number of Topliss-reactive ketones (excluding diaryl/α,β-unsaturated/α-hetero) is 2. The zero-order valence-electron chi connectivity index (χ0n) is 13.7. The van der Waals surface area contributed by atoms with Gasteiger partial charge in [-0.15, -0.1) is 6.42 Å². The molecule has 122 valence electrons. The molecule has 2 rings (SSSR count). The first-order valence-electron chi connectivity index (χ1n) is 8.03. The maximum Gasteiger partial charge on any atom is 0.164 e. The minimum absolute atomic E-state index is 0.0898. The fourth-order valence-corrected chi connectivity index (χ4v) is 2.46. The third-order valence-corrected chi connectivity index (χ3v) is 3.82. The van der Waals surface area contributed by atoms with E-state index in [1.165, 1.54) is 0 Å². The zero-order chi connectivity index (χ0) is 17.2. The smallest absolute Gasteiger partial charge is 0.164 e. The lowest BCUT2D eigenvalue weighted by molar-refractivity contribution is 0.0952. The normalized spacial score (nSPS) is 10.3. The average molecular weight is 319 g/mol. The standard InChI is InChI=1S/C21H21NO2/c1-2-15-22(16-13-20(23)18-9-5-3-6-10-18)17-14-21(24)19-11-7-4-8-12-19/h1,3-12H,13-17H2. The van der Waals surface area contributed by atoms with Gasteiger partial charge in [-0.05, 0) is 0 Å². The summed E-state index contributed by atoms with van der Waals surface area (Å²) in [6.45, 7) is 1.55. The van der Waals surface area contributed by atoms with E-state index >= 15 is 0 Å². The SMILES string of the molecule is C#CCN(CCC(=O)c1ccccc1)CCC(=O)c1ccccc1. The molecule has 24 heavy (non-hydrogen) atoms. The molecule has 2 aromatic carbocycles. The van der Waals surface area contributed by atoms with Crippen molar-refractivity contribution in [2.24, 2.45) is 0 Å². The van der Waals surface area contributed by atoms with Crippen molar-refractivity contribution in [3.8, 4) is 12.3 Å². The molecule has 0 spiro atoms. The van der Waals surface area contributed by atoms with Gasteiger partial charge in [-0.2, -0.15) is 0 Å². The molecular weight excluding hydrogens is 298 g/mol. The third-order valence-electron chi connectivity index (χ3n) is 3.82. The Morgan fingerprint density at radius 3 is 1.58 bits per heavy atom. The topological polar surface area (TPSA) is 37.4 Å². The van der Waals surface area contributed by atoms with Crippen LogP contribution in [0.4, 0.5) is 0 Å². The van der Waals surface area contributed by atoms with E-state index in [4.69, 9.17) is 6.42 Å². The monoisotopic (exact) mass is 319 g/mol. The van der Waals surface area contributed by atoms with Gasteiger partial charge in [0.15, 0.2) is 11.6 Å². The van der Waals surface area contributed by atoms with Crippen LogP contribution in [0.1, 0.15) is 33.6 Å². The van der Waals surface area contributed by atoms with Gasteiger partial charge in [0.25, 0.3) is 0 Å². The van der Waals surface area contributed by atoms with E-state index in [-0.39, 0.29) is 11.6 Å². The summed E-state index contributed by atoms with van der Waals surface area (Å²) in [5, 5.41) is 0. The molecule has 0 fully saturated rings. The van der Waals surface area contributed by atoms with Crippen LogP contribution in [0.2, 0.25) is 0 Å². The minimum Gasteiger partial charge on any atom is -0.294 e. The molecule has 0 aliphatic rings. The molecule has 3 nitrogen and oxygen atoms in total. The van der Waals surface area contributed by atoms with Crippen molar-refractivity contribution in [1.29, 1.82) is 0 Å². The number of carbonyl (C=O) groups is 2. The molecule has 0 aromatic heterocycles. The van der Waals surface area contributed by atoms with E-state index < -0.39 is 0 Å². The van der Waals surface area contributed by atoms with Gasteiger partial charge in [-0.25, -0.2) is 0 Å². The fourth-order valence-electron chi connectivity index (χ4n) is 2.46. The summed E-state index contributed by atoms with van der Waals surface area (Å²) in [5.74, 6) is 2.78. The number of hydrogen-bond acceptors (Lipinski definition) is 3. The van der Waals surface area contributed by atoms with Crippen molar-refractivity contribution < 1.29 is 9.59 Å². The Kier molecular flexibility index (Phi) is 6.94. The molecule has 0 unspecified atom stereocenters. The first kappa shape index (κ1) is 17.7. The highest BCUT2D eigenvalue weighted by Crippen LogP contribution is 2.07. The Balaban J connectivity index is 1.85. The lowest BCUT2D eigenvalue weighted by atomic mass is 10.1. The molecule has 0 radical (unpaired) electrons. The highest BCUT2D eigenvalue weighted by molar-refractivity contribution is 5.96. The van der Waals surface area contributed by atoms with Crippen LogP contribution in [0.5, 0.6) is 0 Å². The van der Waals surface area contributed by atoms with Crippen LogP contribution >= 0.6 is 0 Å². The predicted octanol–water partition coefficient (Wildman–Crippen LogP) is 3.47. The van der Waals surface area contributed by atoms with Crippen LogP contribution in [0.15, 0.2) is 60.7 Å². The van der Waals surface area contributed by atoms with Gasteiger partial charge >= 0.3 is 0 Å². The highest BCUT2D eigenvalue weighted by Gasteiger charge is 2.12. The number of carbonyl (C=O) groups excluding carboxylic acids is 2. The highest BCUT2D eigenvalue weighted by atomic mass is 16.1. The summed E-state index contributed by atoms with van der Waals surface area (Å²) in [6.07, 6.45) is 6.19. The summed E-state index contributed by atoms with van der Waals surface area (Å²) in [7, 11) is 0. The molecule has 0 saturated heterocycles. The molecule has 0 bridgehead atoms. The van der Waals surface area contributed by atoms with Crippen molar-refractivity contribution in [3.05, 3.63) is 71.8 Å². The predicted molar refractivity (Wildman–Crippen MR) is 96.1 cm³/mol. The van der Waals surface area contributed by atoms with E-state index in [1.807, 2.05) is 65.6 Å². The summed E-state index contributed by atoms with van der Waals surface area (Å²) in [6, 6.07) is 18.4. The molecule has 0 saturated carbocycles. The zero-order valence-corrected chi connectivity index (χ0v) is 13.7. The van der Waals surface area contributed by atoms with Crippen molar-refractivity contribution in [2.75, 3.05) is 19.6 Å². The van der Waals surface area contributed by atoms with Gasteiger partial charge in [-0.1, -0.05) is 66.6 Å².